The molecule has 2 heteroatoms. The first-order valence-corrected chi connectivity index (χ1v) is 10.5. The molecule has 0 amide bonds. The molecule has 1 heterocycles. The monoisotopic (exact) mass is 396 g/mol. The highest BCUT2D eigenvalue weighted by molar-refractivity contribution is 6.08. The second-order valence-electron chi connectivity index (χ2n) is 8.50. The number of aryl methyl sites for hydroxylation is 3. The minimum atomic E-state index is 0.0289. The Kier molecular flexibility index (Phi) is 5.11. The van der Waals surface area contributed by atoms with Crippen LogP contribution in [0, 0.1) is 20.8 Å². The molecular formula is C28H28O2. The number of rotatable bonds is 4. The molecule has 0 atom stereocenters. The minimum Gasteiger partial charge on any atom is -0.460 e. The van der Waals surface area contributed by atoms with E-state index < -0.39 is 0 Å². The second-order valence-corrected chi connectivity index (χ2v) is 8.50. The van der Waals surface area contributed by atoms with Gasteiger partial charge < -0.3 is 4.42 Å². The molecule has 0 bridgehead atoms. The van der Waals surface area contributed by atoms with Gasteiger partial charge in [-0.3, -0.25) is 4.79 Å². The summed E-state index contributed by atoms with van der Waals surface area (Å²) >= 11 is 0. The van der Waals surface area contributed by atoms with Gasteiger partial charge in [-0.1, -0.05) is 68.4 Å². The second kappa shape index (κ2) is 7.60. The van der Waals surface area contributed by atoms with Gasteiger partial charge in [0.25, 0.3) is 0 Å². The molecule has 2 aliphatic rings. The van der Waals surface area contributed by atoms with Crippen LogP contribution in [0.15, 0.2) is 59.0 Å². The van der Waals surface area contributed by atoms with Gasteiger partial charge in [0.2, 0.25) is 0 Å². The number of carbonyl (C=O) groups excluding carboxylic acids is 1. The van der Waals surface area contributed by atoms with E-state index in [0.717, 1.165) is 22.5 Å². The molecule has 2 nitrogen and oxygen atoms in total. The van der Waals surface area contributed by atoms with E-state index in [1.807, 2.05) is 37.3 Å². The Morgan fingerprint density at radius 3 is 2.17 bits per heavy atom. The Bertz CT molecular complexity index is 1210. The summed E-state index contributed by atoms with van der Waals surface area (Å²) in [6.07, 6.45) is 0. The number of hydrogen-bond donors (Lipinski definition) is 0. The molecule has 0 fully saturated rings. The smallest absolute Gasteiger partial charge is 0.163 e. The number of benzene rings is 1. The van der Waals surface area contributed by atoms with Gasteiger partial charge in [-0.05, 0) is 67.0 Å². The lowest BCUT2D eigenvalue weighted by atomic mass is 9.92. The third-order valence-corrected chi connectivity index (χ3v) is 5.96. The van der Waals surface area contributed by atoms with Crippen molar-refractivity contribution >= 4 is 5.78 Å². The number of ketones is 1. The maximum absolute atomic E-state index is 12.7. The summed E-state index contributed by atoms with van der Waals surface area (Å²) in [7, 11) is 0. The first-order valence-electron chi connectivity index (χ1n) is 10.5. The van der Waals surface area contributed by atoms with Gasteiger partial charge in [-0.15, -0.1) is 0 Å². The molecule has 1 aromatic heterocycles. The topological polar surface area (TPSA) is 30.2 Å². The van der Waals surface area contributed by atoms with Gasteiger partial charge in [-0.25, -0.2) is 0 Å². The molecule has 1 aromatic carbocycles. The molecule has 0 spiro atoms. The van der Waals surface area contributed by atoms with Crippen molar-refractivity contribution in [3.8, 4) is 33.6 Å². The summed E-state index contributed by atoms with van der Waals surface area (Å²) in [6, 6.07) is 19.0. The summed E-state index contributed by atoms with van der Waals surface area (Å²) < 4.78 is 6.21. The van der Waals surface area contributed by atoms with Crippen molar-refractivity contribution < 1.29 is 9.21 Å². The third-order valence-electron chi connectivity index (χ3n) is 5.96. The van der Waals surface area contributed by atoms with Crippen LogP contribution in [0.5, 0.6) is 0 Å². The average molecular weight is 397 g/mol. The Hall–Kier alpha value is -3.13. The van der Waals surface area contributed by atoms with Crippen LogP contribution in [-0.2, 0) is 0 Å². The predicted molar refractivity (Wildman–Crippen MR) is 125 cm³/mol. The fraction of sp³-hybridized carbons (Fsp3) is 0.250. The number of Topliss-reactive ketones (excluding diaryl/α,β-unsaturated/α-hetero) is 1. The van der Waals surface area contributed by atoms with E-state index >= 15 is 0 Å². The molecule has 0 saturated carbocycles. The highest BCUT2D eigenvalue weighted by Gasteiger charge is 2.28. The highest BCUT2D eigenvalue weighted by atomic mass is 16.3. The maximum Gasteiger partial charge on any atom is 0.163 e. The first-order chi connectivity index (χ1) is 14.3. The summed E-state index contributed by atoms with van der Waals surface area (Å²) in [4.78, 5) is 12.7. The zero-order chi connectivity index (χ0) is 21.6. The molecule has 0 radical (unpaired) electrons. The normalized spacial score (nSPS) is 11.4. The summed E-state index contributed by atoms with van der Waals surface area (Å²) in [5.74, 6) is 1.91. The van der Waals surface area contributed by atoms with Crippen LogP contribution in [-0.4, -0.2) is 5.78 Å². The van der Waals surface area contributed by atoms with Crippen LogP contribution in [0.3, 0.4) is 0 Å². The molecule has 0 aliphatic heterocycles. The lowest BCUT2D eigenvalue weighted by molar-refractivity contribution is 0.101. The van der Waals surface area contributed by atoms with Crippen molar-refractivity contribution in [1.82, 2.24) is 0 Å². The number of carbonyl (C=O) groups is 1. The van der Waals surface area contributed by atoms with Crippen molar-refractivity contribution in [3.05, 3.63) is 82.6 Å². The van der Waals surface area contributed by atoms with Gasteiger partial charge in [-0.2, -0.15) is 0 Å². The van der Waals surface area contributed by atoms with Gasteiger partial charge in [0.1, 0.15) is 11.5 Å². The van der Waals surface area contributed by atoms with E-state index in [4.69, 9.17) is 4.42 Å². The standard InChI is InChI=1S/C28H28O2/c1-16(2)22-13-12-17(3)25-23(15-22)18(4)14-24(25)27-26(19(5)29)20(6)30-28(27)21-10-8-7-9-11-21/h7-16H,1-6H3. The van der Waals surface area contributed by atoms with Crippen molar-refractivity contribution in [3.63, 3.8) is 0 Å². The largest absolute Gasteiger partial charge is 0.460 e. The van der Waals surface area contributed by atoms with E-state index in [1.54, 1.807) is 6.92 Å². The van der Waals surface area contributed by atoms with Crippen LogP contribution in [0.4, 0.5) is 0 Å². The predicted octanol–water partition coefficient (Wildman–Crippen LogP) is 7.97. The van der Waals surface area contributed by atoms with Crippen LogP contribution in [0.25, 0.3) is 33.6 Å². The van der Waals surface area contributed by atoms with Gasteiger partial charge in [0, 0.05) is 11.1 Å². The van der Waals surface area contributed by atoms with Crippen molar-refractivity contribution in [2.75, 3.05) is 0 Å². The number of fused-ring (bicyclic) bond motifs is 1. The SMILES string of the molecule is CC(=O)c1c(C)oc(-c2ccccc2)c1-c1cc(C)c2cc(C(C)C)ccc(C)c1-2. The minimum absolute atomic E-state index is 0.0289. The molecule has 152 valence electrons. The fourth-order valence-electron chi connectivity index (χ4n) is 4.41. The highest BCUT2D eigenvalue weighted by Crippen LogP contribution is 2.47. The average Bonchev–Trinajstić information content (AvgIpc) is 3.15. The van der Waals surface area contributed by atoms with Crippen molar-refractivity contribution in [2.24, 2.45) is 0 Å². The zero-order valence-electron chi connectivity index (χ0n) is 18.6. The fourth-order valence-corrected chi connectivity index (χ4v) is 4.41. The quantitative estimate of drug-likeness (QED) is 0.327. The van der Waals surface area contributed by atoms with Crippen LogP contribution >= 0.6 is 0 Å². The van der Waals surface area contributed by atoms with E-state index in [9.17, 15) is 4.79 Å². The lowest BCUT2D eigenvalue weighted by Crippen LogP contribution is -1.96. The van der Waals surface area contributed by atoms with E-state index in [0.29, 0.717) is 17.2 Å². The van der Waals surface area contributed by atoms with Gasteiger partial charge in [0.15, 0.2) is 5.78 Å². The Morgan fingerprint density at radius 2 is 1.53 bits per heavy atom. The summed E-state index contributed by atoms with van der Waals surface area (Å²) in [5, 5.41) is 0. The molecule has 0 unspecified atom stereocenters. The Labute approximate surface area is 178 Å². The van der Waals surface area contributed by atoms with Crippen molar-refractivity contribution in [1.29, 1.82) is 0 Å². The first kappa shape index (κ1) is 20.2. The lowest BCUT2D eigenvalue weighted by Gasteiger charge is -2.09. The van der Waals surface area contributed by atoms with E-state index in [-0.39, 0.29) is 5.78 Å². The molecule has 4 rings (SSSR count). The molecule has 0 N–H and O–H groups in total. The van der Waals surface area contributed by atoms with Crippen LogP contribution in [0.2, 0.25) is 0 Å². The Balaban J connectivity index is 2.09. The number of hydrogen-bond acceptors (Lipinski definition) is 2. The van der Waals surface area contributed by atoms with E-state index in [1.165, 1.54) is 27.8 Å². The van der Waals surface area contributed by atoms with E-state index in [2.05, 4.69) is 52.0 Å². The molecule has 30 heavy (non-hydrogen) atoms. The summed E-state index contributed by atoms with van der Waals surface area (Å²) in [6.45, 7) is 12.2. The number of furan rings is 1. The van der Waals surface area contributed by atoms with Gasteiger partial charge in [0.05, 0.1) is 5.56 Å². The third kappa shape index (κ3) is 3.27. The zero-order valence-corrected chi connectivity index (χ0v) is 18.6. The molecule has 2 aromatic rings. The molecule has 2 aliphatic carbocycles. The summed E-state index contributed by atoms with van der Waals surface area (Å²) in [5.41, 5.74) is 9.80. The maximum atomic E-state index is 12.7. The molecule has 0 saturated heterocycles. The van der Waals surface area contributed by atoms with Crippen LogP contribution in [0.1, 0.15) is 59.5 Å². The van der Waals surface area contributed by atoms with Crippen LogP contribution < -0.4 is 0 Å². The van der Waals surface area contributed by atoms with Gasteiger partial charge >= 0.3 is 0 Å². The van der Waals surface area contributed by atoms with Crippen molar-refractivity contribution in [2.45, 2.75) is 47.5 Å². The Morgan fingerprint density at radius 1 is 0.833 bits per heavy atom. The molecular weight excluding hydrogens is 368 g/mol.